The molecule has 3 aromatic carbocycles. The summed E-state index contributed by atoms with van der Waals surface area (Å²) in [5, 5.41) is 2.84. The highest BCUT2D eigenvalue weighted by atomic mass is 32.2. The van der Waals surface area contributed by atoms with E-state index in [4.69, 9.17) is 0 Å². The van der Waals surface area contributed by atoms with Gasteiger partial charge in [-0.25, -0.2) is 8.42 Å². The highest BCUT2D eigenvalue weighted by molar-refractivity contribution is 7.92. The zero-order chi connectivity index (χ0) is 23.0. The third-order valence-corrected chi connectivity index (χ3v) is 7.01. The van der Waals surface area contributed by atoms with Crippen molar-refractivity contribution in [3.63, 3.8) is 0 Å². The summed E-state index contributed by atoms with van der Waals surface area (Å²) < 4.78 is 27.6. The van der Waals surface area contributed by atoms with E-state index in [2.05, 4.69) is 24.1 Å². The van der Waals surface area contributed by atoms with Gasteiger partial charge in [0.05, 0.1) is 10.6 Å². The van der Waals surface area contributed by atoms with Gasteiger partial charge in [0.1, 0.15) is 6.54 Å². The van der Waals surface area contributed by atoms with Gasteiger partial charge in [-0.2, -0.15) is 0 Å². The molecule has 32 heavy (non-hydrogen) atoms. The van der Waals surface area contributed by atoms with E-state index in [0.717, 1.165) is 28.6 Å². The SMILES string of the molecule is CCN(CC)c1ccc(CNC(=O)CN(c2ccccc2)S(=O)(=O)c2ccccc2)cc1. The molecule has 1 amide bonds. The number of benzene rings is 3. The number of sulfonamides is 1. The van der Waals surface area contributed by atoms with E-state index in [1.807, 2.05) is 24.3 Å². The minimum atomic E-state index is -3.89. The van der Waals surface area contributed by atoms with Crippen molar-refractivity contribution in [3.8, 4) is 0 Å². The fourth-order valence-corrected chi connectivity index (χ4v) is 4.87. The van der Waals surface area contributed by atoms with E-state index >= 15 is 0 Å². The van der Waals surface area contributed by atoms with E-state index in [0.29, 0.717) is 12.2 Å². The van der Waals surface area contributed by atoms with Crippen LogP contribution in [0.5, 0.6) is 0 Å². The number of carbonyl (C=O) groups is 1. The molecule has 0 heterocycles. The summed E-state index contributed by atoms with van der Waals surface area (Å²) in [6.45, 7) is 6.10. The van der Waals surface area contributed by atoms with Gasteiger partial charge in [0.15, 0.2) is 0 Å². The number of rotatable bonds is 10. The van der Waals surface area contributed by atoms with Crippen molar-refractivity contribution < 1.29 is 13.2 Å². The molecule has 0 radical (unpaired) electrons. The van der Waals surface area contributed by atoms with Crippen molar-refractivity contribution in [1.29, 1.82) is 0 Å². The van der Waals surface area contributed by atoms with Crippen molar-refractivity contribution in [3.05, 3.63) is 90.5 Å². The second-order valence-corrected chi connectivity index (χ2v) is 9.14. The Balaban J connectivity index is 1.72. The average Bonchev–Trinajstić information content (AvgIpc) is 2.84. The molecule has 0 aliphatic rings. The van der Waals surface area contributed by atoms with Crippen LogP contribution in [0.1, 0.15) is 19.4 Å². The van der Waals surface area contributed by atoms with Crippen LogP contribution in [0, 0.1) is 0 Å². The smallest absolute Gasteiger partial charge is 0.264 e. The number of anilines is 2. The largest absolute Gasteiger partial charge is 0.372 e. The third kappa shape index (κ3) is 5.68. The number of hydrogen-bond donors (Lipinski definition) is 1. The number of para-hydroxylation sites is 1. The van der Waals surface area contributed by atoms with Crippen LogP contribution in [0.15, 0.2) is 89.8 Å². The monoisotopic (exact) mass is 451 g/mol. The Kier molecular flexibility index (Phi) is 7.89. The first-order valence-electron chi connectivity index (χ1n) is 10.7. The van der Waals surface area contributed by atoms with Crippen molar-refractivity contribution in [2.24, 2.45) is 0 Å². The summed E-state index contributed by atoms with van der Waals surface area (Å²) >= 11 is 0. The first-order chi connectivity index (χ1) is 15.5. The van der Waals surface area contributed by atoms with Gasteiger partial charge in [0, 0.05) is 25.3 Å². The molecule has 168 valence electrons. The number of nitrogens with one attached hydrogen (secondary N) is 1. The topological polar surface area (TPSA) is 69.7 Å². The minimum Gasteiger partial charge on any atom is -0.372 e. The predicted octanol–water partition coefficient (Wildman–Crippen LogP) is 4.04. The molecule has 6 nitrogen and oxygen atoms in total. The van der Waals surface area contributed by atoms with Gasteiger partial charge in [-0.15, -0.1) is 0 Å². The van der Waals surface area contributed by atoms with Gasteiger partial charge in [0.25, 0.3) is 10.0 Å². The molecule has 0 atom stereocenters. The molecule has 0 saturated heterocycles. The summed E-state index contributed by atoms with van der Waals surface area (Å²) in [5.74, 6) is -0.374. The van der Waals surface area contributed by atoms with E-state index in [1.54, 1.807) is 48.5 Å². The Bertz CT molecular complexity index is 1100. The fourth-order valence-electron chi connectivity index (χ4n) is 3.43. The third-order valence-electron chi connectivity index (χ3n) is 5.22. The summed E-state index contributed by atoms with van der Waals surface area (Å²) in [6, 6.07) is 24.8. The lowest BCUT2D eigenvalue weighted by Gasteiger charge is -2.24. The number of nitrogens with zero attached hydrogens (tertiary/aromatic N) is 2. The van der Waals surface area contributed by atoms with Crippen molar-refractivity contribution in [2.45, 2.75) is 25.3 Å². The van der Waals surface area contributed by atoms with Crippen LogP contribution in [0.4, 0.5) is 11.4 Å². The second kappa shape index (κ2) is 10.8. The maximum Gasteiger partial charge on any atom is 0.264 e. The van der Waals surface area contributed by atoms with Crippen LogP contribution in [-0.2, 0) is 21.4 Å². The lowest BCUT2D eigenvalue weighted by molar-refractivity contribution is -0.119. The molecular formula is C25H29N3O3S. The highest BCUT2D eigenvalue weighted by Crippen LogP contribution is 2.23. The summed E-state index contributed by atoms with van der Waals surface area (Å²) in [5.41, 5.74) is 2.52. The summed E-state index contributed by atoms with van der Waals surface area (Å²) in [4.78, 5) is 15.1. The van der Waals surface area contributed by atoms with Crippen LogP contribution < -0.4 is 14.5 Å². The van der Waals surface area contributed by atoms with E-state index in [-0.39, 0.29) is 17.3 Å². The van der Waals surface area contributed by atoms with Crippen LogP contribution in [0.2, 0.25) is 0 Å². The Morgan fingerprint density at radius 3 is 1.91 bits per heavy atom. The Labute approximate surface area is 190 Å². The number of hydrogen-bond acceptors (Lipinski definition) is 4. The van der Waals surface area contributed by atoms with Crippen LogP contribution >= 0.6 is 0 Å². The normalized spacial score (nSPS) is 11.1. The molecule has 0 aliphatic heterocycles. The van der Waals surface area contributed by atoms with Crippen LogP contribution in [-0.4, -0.2) is 34.0 Å². The first-order valence-corrected chi connectivity index (χ1v) is 12.1. The predicted molar refractivity (Wildman–Crippen MR) is 129 cm³/mol. The van der Waals surface area contributed by atoms with Gasteiger partial charge in [-0.1, -0.05) is 48.5 Å². The molecular weight excluding hydrogens is 422 g/mol. The van der Waals surface area contributed by atoms with Gasteiger partial charge in [-0.05, 0) is 55.8 Å². The first kappa shape index (κ1) is 23.3. The molecule has 0 aliphatic carbocycles. The van der Waals surface area contributed by atoms with Gasteiger partial charge < -0.3 is 10.2 Å². The molecule has 0 aromatic heterocycles. The second-order valence-electron chi connectivity index (χ2n) is 7.28. The highest BCUT2D eigenvalue weighted by Gasteiger charge is 2.26. The molecule has 0 fully saturated rings. The van der Waals surface area contributed by atoms with Crippen LogP contribution in [0.25, 0.3) is 0 Å². The minimum absolute atomic E-state index is 0.142. The van der Waals surface area contributed by atoms with Gasteiger partial charge in [0.2, 0.25) is 5.91 Å². The molecule has 7 heteroatoms. The summed E-state index contributed by atoms with van der Waals surface area (Å²) in [7, 11) is -3.89. The standard InChI is InChI=1S/C25H29N3O3S/c1-3-27(4-2)22-17-15-21(16-18-22)19-26-25(29)20-28(23-11-7-5-8-12-23)32(30,31)24-13-9-6-10-14-24/h5-18H,3-4,19-20H2,1-2H3,(H,26,29). The Morgan fingerprint density at radius 1 is 0.781 bits per heavy atom. The zero-order valence-corrected chi connectivity index (χ0v) is 19.3. The Hall–Kier alpha value is -3.32. The summed E-state index contributed by atoms with van der Waals surface area (Å²) in [6.07, 6.45) is 0. The van der Waals surface area contributed by atoms with Crippen LogP contribution in [0.3, 0.4) is 0 Å². The molecule has 0 unspecified atom stereocenters. The van der Waals surface area contributed by atoms with E-state index in [1.165, 1.54) is 12.1 Å². The molecule has 0 bridgehead atoms. The number of carbonyl (C=O) groups excluding carboxylic acids is 1. The maximum atomic E-state index is 13.2. The van der Waals surface area contributed by atoms with E-state index < -0.39 is 10.0 Å². The van der Waals surface area contributed by atoms with Gasteiger partial charge in [-0.3, -0.25) is 9.10 Å². The zero-order valence-electron chi connectivity index (χ0n) is 18.4. The van der Waals surface area contributed by atoms with E-state index in [9.17, 15) is 13.2 Å². The molecule has 1 N–H and O–H groups in total. The molecule has 3 aromatic rings. The van der Waals surface area contributed by atoms with Crippen molar-refractivity contribution in [1.82, 2.24) is 5.32 Å². The molecule has 3 rings (SSSR count). The molecule has 0 spiro atoms. The van der Waals surface area contributed by atoms with Gasteiger partial charge >= 0.3 is 0 Å². The lowest BCUT2D eigenvalue weighted by atomic mass is 10.2. The maximum absolute atomic E-state index is 13.2. The lowest BCUT2D eigenvalue weighted by Crippen LogP contribution is -2.40. The van der Waals surface area contributed by atoms with Crippen molar-refractivity contribution >= 4 is 27.3 Å². The quantitative estimate of drug-likeness (QED) is 0.505. The fraction of sp³-hybridized carbons (Fsp3) is 0.240. The number of amides is 1. The molecule has 0 saturated carbocycles. The van der Waals surface area contributed by atoms with Crippen molar-refractivity contribution in [2.75, 3.05) is 28.8 Å². The Morgan fingerprint density at radius 2 is 1.34 bits per heavy atom. The average molecular weight is 452 g/mol.